The van der Waals surface area contributed by atoms with Gasteiger partial charge in [-0.2, -0.15) is 0 Å². The molecule has 768 valence electrons. The van der Waals surface area contributed by atoms with Crippen LogP contribution in [-0.2, 0) is 71.2 Å². The third-order valence-electron chi connectivity index (χ3n) is 22.6. The van der Waals surface area contributed by atoms with Crippen LogP contribution in [0.2, 0.25) is 0 Å². The van der Waals surface area contributed by atoms with Crippen molar-refractivity contribution in [2.45, 2.75) is 223 Å². The number of primary sulfonamides is 1. The lowest BCUT2D eigenvalue weighted by Gasteiger charge is -2.18. The molecule has 4 N–H and O–H groups in total. The number of imide groups is 1. The Balaban J connectivity index is 0.000000282. The summed E-state index contributed by atoms with van der Waals surface area (Å²) in [6.07, 6.45) is 7.06. The van der Waals surface area contributed by atoms with Gasteiger partial charge in [0.2, 0.25) is 16.8 Å². The van der Waals surface area contributed by atoms with Gasteiger partial charge in [0.25, 0.3) is 5.91 Å². The second kappa shape index (κ2) is 61.8. The Hall–Kier alpha value is -13.1. The number of urea groups is 1. The zero-order valence-electron chi connectivity index (χ0n) is 86.4. The number of sulfone groups is 1. The van der Waals surface area contributed by atoms with Gasteiger partial charge in [-0.3, -0.25) is 63.0 Å². The smallest absolute Gasteiger partial charge is 0.322 e. The van der Waals surface area contributed by atoms with Gasteiger partial charge in [0.1, 0.15) is 47.3 Å². The van der Waals surface area contributed by atoms with Crippen LogP contribution < -0.4 is 25.2 Å². The van der Waals surface area contributed by atoms with Crippen LogP contribution in [0.1, 0.15) is 258 Å². The molecule has 9 aromatic carbocycles. The van der Waals surface area contributed by atoms with Crippen LogP contribution in [0, 0.1) is 59.2 Å². The molecule has 2 fully saturated rings. The van der Waals surface area contributed by atoms with E-state index in [0.29, 0.717) is 83.8 Å². The number of benzene rings is 9. The number of nitrogens with two attached hydrogens (primary N) is 1. The quantitative estimate of drug-likeness (QED) is 0.0200. The first-order chi connectivity index (χ1) is 68.0. The predicted molar refractivity (Wildman–Crippen MR) is 571 cm³/mol. The van der Waals surface area contributed by atoms with Crippen molar-refractivity contribution < 1.29 is 88.6 Å². The lowest BCUT2D eigenvalue weighted by atomic mass is 9.85. The summed E-state index contributed by atoms with van der Waals surface area (Å²) in [7, 11) is -6.75. The minimum atomic E-state index is -3.68. The molecule has 2 aromatic heterocycles. The number of rotatable bonds is 32. The lowest BCUT2D eigenvalue weighted by Crippen LogP contribution is -2.32. The van der Waals surface area contributed by atoms with Gasteiger partial charge in [0, 0.05) is 130 Å². The number of Topliss-reactive ketones (excluding diaryl/α,β-unsaturated/α-hetero) is 9. The Morgan fingerprint density at radius 1 is 0.451 bits per heavy atom. The molecule has 0 radical (unpaired) electrons. The van der Waals surface area contributed by atoms with E-state index in [2.05, 4.69) is 72.9 Å². The Morgan fingerprint density at radius 3 is 1.43 bits per heavy atom. The fourth-order valence-corrected chi connectivity index (χ4v) is 15.5. The molecule has 3 atom stereocenters. The summed E-state index contributed by atoms with van der Waals surface area (Å²) in [6, 6.07) is 81.7. The number of esters is 1. The van der Waals surface area contributed by atoms with Gasteiger partial charge in [-0.1, -0.05) is 337 Å². The molecule has 3 aliphatic rings. The minimum Gasteiger partial charge on any atom is -0.461 e. The fourth-order valence-electron chi connectivity index (χ4n) is 13.5. The second-order valence-corrected chi connectivity index (χ2v) is 42.7. The molecule has 27 heteroatoms. The number of halogens is 1. The Labute approximate surface area is 859 Å². The summed E-state index contributed by atoms with van der Waals surface area (Å²) in [6.45, 7) is 37.8. The number of para-hydroxylation sites is 1. The zero-order valence-corrected chi connectivity index (χ0v) is 89.6. The summed E-state index contributed by atoms with van der Waals surface area (Å²) in [5.74, 6) is 3.64. The van der Waals surface area contributed by atoms with Gasteiger partial charge >= 0.3 is 12.0 Å². The monoisotopic (exact) mass is 2060 g/mol. The fraction of sp³-hybridized carbons (Fsp3) is 0.368. The van der Waals surface area contributed by atoms with Gasteiger partial charge < -0.3 is 19.5 Å². The minimum absolute atomic E-state index is 0.00124. The van der Waals surface area contributed by atoms with Gasteiger partial charge in [-0.25, -0.2) is 31.8 Å². The number of aromatic nitrogens is 2. The molecule has 1 aliphatic carbocycles. The molecule has 14 rings (SSSR count). The van der Waals surface area contributed by atoms with Crippen molar-refractivity contribution in [2.24, 2.45) is 64.3 Å². The first-order valence-electron chi connectivity index (χ1n) is 48.6. The molecule has 144 heavy (non-hydrogen) atoms. The van der Waals surface area contributed by atoms with Gasteiger partial charge in [-0.05, 0) is 131 Å². The summed E-state index contributed by atoms with van der Waals surface area (Å²) < 4.78 is 61.3. The molecular formula is C117H142BrN5O19S2. The summed E-state index contributed by atoms with van der Waals surface area (Å²) >= 11 is 3.26. The number of sulfonamides is 1. The van der Waals surface area contributed by atoms with Crippen LogP contribution in [0.4, 0.5) is 4.79 Å². The van der Waals surface area contributed by atoms with Crippen molar-refractivity contribution in [3.63, 3.8) is 0 Å². The topological polar surface area (TPSA) is 377 Å². The first kappa shape index (κ1) is 121. The van der Waals surface area contributed by atoms with Crippen molar-refractivity contribution in [3.05, 3.63) is 334 Å². The normalized spacial score (nSPS) is 13.5. The molecule has 11 aromatic rings. The average Bonchev–Trinajstić information content (AvgIpc) is 1.64. The lowest BCUT2D eigenvalue weighted by molar-refractivity contribution is -0.148. The van der Waals surface area contributed by atoms with Gasteiger partial charge in [0.05, 0.1) is 26.5 Å². The van der Waals surface area contributed by atoms with E-state index in [0.717, 1.165) is 50.0 Å². The number of hydrogen-bond donors (Lipinski definition) is 3. The van der Waals surface area contributed by atoms with E-state index in [1.54, 1.807) is 96.4 Å². The number of pyridine rings is 2. The molecule has 0 spiro atoms. The number of hydrogen-bond acceptors (Lipinski definition) is 21. The number of fused-ring (bicyclic) bond motifs is 2. The number of nitrogens with zero attached hydrogens (tertiary/aromatic N) is 2. The van der Waals surface area contributed by atoms with Crippen LogP contribution in [0.25, 0.3) is 10.9 Å². The highest BCUT2D eigenvalue weighted by Gasteiger charge is 2.44. The second-order valence-electron chi connectivity index (χ2n) is 37.8. The molecule has 4 heterocycles. The molecule has 2 aliphatic heterocycles. The predicted octanol–water partition coefficient (Wildman–Crippen LogP) is 23.9. The van der Waals surface area contributed by atoms with E-state index >= 15 is 0 Å². The summed E-state index contributed by atoms with van der Waals surface area (Å²) in [5.41, 5.74) is 9.09. The van der Waals surface area contributed by atoms with Crippen LogP contribution in [0.5, 0.6) is 11.5 Å². The molecule has 3 unspecified atom stereocenters. The van der Waals surface area contributed by atoms with Gasteiger partial charge in [-0.15, -0.1) is 0 Å². The average molecular weight is 2070 g/mol. The van der Waals surface area contributed by atoms with Crippen molar-refractivity contribution >= 4 is 117 Å². The number of amides is 3. The third kappa shape index (κ3) is 43.2. The van der Waals surface area contributed by atoms with E-state index in [1.807, 2.05) is 261 Å². The molecule has 0 bridgehead atoms. The first-order valence-corrected chi connectivity index (χ1v) is 52.5. The van der Waals surface area contributed by atoms with Crippen LogP contribution in [0.15, 0.2) is 294 Å². The van der Waals surface area contributed by atoms with Crippen LogP contribution in [0.3, 0.4) is 0 Å². The Kier molecular flexibility index (Phi) is 52.1. The van der Waals surface area contributed by atoms with E-state index in [4.69, 9.17) is 19.3 Å². The Morgan fingerprint density at radius 2 is 0.944 bits per heavy atom. The number of carbonyl (C=O) groups excluding carboxylic acids is 12. The maximum absolute atomic E-state index is 12.1. The Bertz CT molecular complexity index is 6160. The van der Waals surface area contributed by atoms with Crippen LogP contribution >= 0.6 is 15.9 Å². The number of ketones is 9. The number of ether oxygens (including phenoxy) is 3. The van der Waals surface area contributed by atoms with Crippen molar-refractivity contribution in [3.8, 4) is 11.5 Å². The summed E-state index contributed by atoms with van der Waals surface area (Å²) in [5, 5.41) is 10.1. The van der Waals surface area contributed by atoms with Crippen molar-refractivity contribution in [1.29, 1.82) is 0 Å². The maximum Gasteiger partial charge on any atom is 0.322 e. The number of carbonyl (C=O) groups is 12. The standard InChI is InChI=1S/C18H20O.C14H18O2.C13H13NO.C13H16O.C12H14O3.C11H14O2.C10H13NO3S.C9H10BrNO.C9H12O2S.C8H12N2O3/c1-14(2)18(19)13-17(15-9-5-3-6-10-15)16-11-7-4-8-12-16;1-11(2)13(15)9-6-10-14(16)12-7-4-3-5-8-12;1-9(2)13(15)12-8-7-10-5-3-4-6-11(10)14-12;1-9(2)13(14)12-8-11(12)10-6-4-3-5-7-10;1-8(2)10(13)5-9-3-4-11-12(6-9)15-7-14-11;1-9(2)11(12)13-8-10-6-4-3-5-7-10;1-7(2)10(12)8-3-5-9(6-4-8)15(11,13)14;1-6(2)9(12)7-3-8(10)5-11-4-7;1-8(2)12(10,11)9-6-4-3-5-7-9;1-4(2)6(11)3-5-7(12)10-8(13)9-5/h3-12,14,17H,13H2,1-2H3;3-5,7-8,11H,6,9-10H2,1-2H3;3-9H,1-2H3;3-7,9,11-12H,8H2,1-2H3;3-4,6,8H,5,7H2,1-2H3;3-7,9H,8H2,1-2H3;3-7H,1-2H3,(H2,11,13,14);3-6H,1-2H3;3-8H,1-2H3;4-5H,3H2,1-2H3,(H2,9,10,12,13). The van der Waals surface area contributed by atoms with Gasteiger partial charge in [0.15, 0.2) is 44.5 Å². The highest BCUT2D eigenvalue weighted by molar-refractivity contribution is 9.10. The zero-order chi connectivity index (χ0) is 107. The van der Waals surface area contributed by atoms with E-state index in [1.165, 1.54) is 41.0 Å². The van der Waals surface area contributed by atoms with E-state index in [-0.39, 0.29) is 129 Å². The molecular weight excluding hydrogens is 1920 g/mol. The molecule has 24 nitrogen and oxygen atoms in total. The van der Waals surface area contributed by atoms with Crippen molar-refractivity contribution in [2.75, 3.05) is 6.79 Å². The van der Waals surface area contributed by atoms with Crippen LogP contribution in [-0.4, -0.2) is 115 Å². The van der Waals surface area contributed by atoms with E-state index in [9.17, 15) is 74.4 Å². The highest BCUT2D eigenvalue weighted by atomic mass is 79.9. The van der Waals surface area contributed by atoms with Crippen molar-refractivity contribution in [1.82, 2.24) is 20.6 Å². The molecule has 1 saturated heterocycles. The highest BCUT2D eigenvalue weighted by Crippen LogP contribution is 2.49. The maximum atomic E-state index is 12.1. The van der Waals surface area contributed by atoms with E-state index < -0.39 is 37.8 Å². The summed E-state index contributed by atoms with van der Waals surface area (Å²) in [4.78, 5) is 146. The molecule has 3 amide bonds. The largest absolute Gasteiger partial charge is 0.461 e. The number of nitrogens with one attached hydrogen (secondary N) is 2. The molecule has 1 saturated carbocycles. The SMILES string of the molecule is CC(C)C(=O)C1CC1c1ccccc1.CC(C)C(=O)CC(c1ccccc1)c1ccccc1.CC(C)C(=O)CC1NC(=O)NC1=O.CC(C)C(=O)CCCC(=O)c1ccccc1.CC(C)C(=O)Cc1ccc2c(c1)OCO2.CC(C)C(=O)OCc1ccccc1.CC(C)C(=O)c1ccc(S(N)(=O)=O)cc1.CC(C)C(=O)c1ccc2ccccc2n1.CC(C)C(=O)c1cncc(Br)c1.CC(C)S(=O)(=O)c1ccccc1. The third-order valence-corrected chi connectivity index (χ3v) is 26.1.